The van der Waals surface area contributed by atoms with Crippen molar-refractivity contribution < 1.29 is 9.90 Å². The maximum Gasteiger partial charge on any atom is 0.308 e. The lowest BCUT2D eigenvalue weighted by atomic mass is 10.1. The second-order valence-electron chi connectivity index (χ2n) is 4.42. The predicted molar refractivity (Wildman–Crippen MR) is 67.1 cm³/mol. The average Bonchev–Trinajstić information content (AvgIpc) is 3.10. The van der Waals surface area contributed by atoms with E-state index in [1.807, 2.05) is 11.0 Å². The van der Waals surface area contributed by atoms with Crippen LogP contribution in [0.5, 0.6) is 0 Å². The lowest BCUT2D eigenvalue weighted by molar-refractivity contribution is -0.140. The Morgan fingerprint density at radius 2 is 2.05 bits per heavy atom. The Kier molecular flexibility index (Phi) is 2.86. The summed E-state index contributed by atoms with van der Waals surface area (Å²) in [6.07, 6.45) is 7.30. The molecule has 2 aromatic heterocycles. The highest BCUT2D eigenvalue weighted by Crippen LogP contribution is 2.25. The summed E-state index contributed by atoms with van der Waals surface area (Å²) >= 11 is 0. The number of nitrogens with zero attached hydrogens (tertiary/aromatic N) is 5. The van der Waals surface area contributed by atoms with Gasteiger partial charge in [0.25, 0.3) is 0 Å². The molecule has 3 heterocycles. The fourth-order valence-electron chi connectivity index (χ4n) is 2.26. The summed E-state index contributed by atoms with van der Waals surface area (Å²) < 4.78 is 1.64. The summed E-state index contributed by atoms with van der Waals surface area (Å²) in [7, 11) is 0. The highest BCUT2D eigenvalue weighted by molar-refractivity contribution is 5.72. The van der Waals surface area contributed by atoms with Crippen molar-refractivity contribution in [2.75, 3.05) is 18.0 Å². The normalized spacial score (nSPS) is 18.7. The maximum atomic E-state index is 11.0. The fraction of sp³-hybridized carbons (Fsp3) is 0.333. The minimum absolute atomic E-state index is 0.340. The van der Waals surface area contributed by atoms with Gasteiger partial charge in [-0.2, -0.15) is 5.10 Å². The summed E-state index contributed by atoms with van der Waals surface area (Å²) in [5, 5.41) is 13.2. The van der Waals surface area contributed by atoms with Crippen LogP contribution in [0.4, 0.5) is 5.82 Å². The topological polar surface area (TPSA) is 84.1 Å². The molecule has 0 spiro atoms. The quantitative estimate of drug-likeness (QED) is 0.867. The number of anilines is 1. The van der Waals surface area contributed by atoms with Gasteiger partial charge in [0, 0.05) is 37.9 Å². The third-order valence-electron chi connectivity index (χ3n) is 3.22. The Bertz CT molecular complexity index is 584. The van der Waals surface area contributed by atoms with Gasteiger partial charge in [0.2, 0.25) is 0 Å². The van der Waals surface area contributed by atoms with Crippen molar-refractivity contribution in [3.63, 3.8) is 0 Å². The van der Waals surface area contributed by atoms with E-state index in [0.29, 0.717) is 31.1 Å². The van der Waals surface area contributed by atoms with Crippen LogP contribution < -0.4 is 4.90 Å². The minimum Gasteiger partial charge on any atom is -0.481 e. The van der Waals surface area contributed by atoms with Crippen molar-refractivity contribution >= 4 is 11.8 Å². The number of rotatable bonds is 3. The summed E-state index contributed by atoms with van der Waals surface area (Å²) in [5.74, 6) is 0.202. The molecule has 0 radical (unpaired) electrons. The zero-order valence-corrected chi connectivity index (χ0v) is 10.2. The Morgan fingerprint density at radius 3 is 2.68 bits per heavy atom. The van der Waals surface area contributed by atoms with Gasteiger partial charge in [-0.3, -0.25) is 4.79 Å². The highest BCUT2D eigenvalue weighted by Gasteiger charge is 2.30. The summed E-state index contributed by atoms with van der Waals surface area (Å²) in [5.41, 5.74) is 0. The van der Waals surface area contributed by atoms with Crippen molar-refractivity contribution in [2.24, 2.45) is 5.92 Å². The van der Waals surface area contributed by atoms with Crippen LogP contribution in [0.25, 0.3) is 5.82 Å². The largest absolute Gasteiger partial charge is 0.481 e. The molecule has 1 unspecified atom stereocenters. The van der Waals surface area contributed by atoms with Crippen LogP contribution in [-0.4, -0.2) is 43.9 Å². The SMILES string of the molecule is O=C(O)C1CCN(c2nccnc2-n2cccn2)C1. The third kappa shape index (κ3) is 2.14. The van der Waals surface area contributed by atoms with Gasteiger partial charge >= 0.3 is 5.97 Å². The van der Waals surface area contributed by atoms with Crippen molar-refractivity contribution in [3.05, 3.63) is 30.9 Å². The van der Waals surface area contributed by atoms with E-state index in [-0.39, 0.29) is 5.92 Å². The van der Waals surface area contributed by atoms with Gasteiger partial charge < -0.3 is 10.0 Å². The maximum absolute atomic E-state index is 11.0. The van der Waals surface area contributed by atoms with E-state index < -0.39 is 5.97 Å². The van der Waals surface area contributed by atoms with E-state index in [0.717, 1.165) is 0 Å². The number of hydrogen-bond acceptors (Lipinski definition) is 5. The molecule has 0 aliphatic carbocycles. The molecule has 0 saturated carbocycles. The molecule has 0 aromatic carbocycles. The first-order valence-corrected chi connectivity index (χ1v) is 6.04. The van der Waals surface area contributed by atoms with E-state index in [9.17, 15) is 4.79 Å². The second-order valence-corrected chi connectivity index (χ2v) is 4.42. The lowest BCUT2D eigenvalue weighted by Gasteiger charge is -2.18. The first kappa shape index (κ1) is 11.6. The zero-order valence-electron chi connectivity index (χ0n) is 10.2. The third-order valence-corrected chi connectivity index (χ3v) is 3.22. The molecule has 0 bridgehead atoms. The number of carboxylic acids is 1. The molecule has 1 atom stereocenters. The molecule has 2 aromatic rings. The van der Waals surface area contributed by atoms with Crippen LogP contribution in [0.15, 0.2) is 30.9 Å². The molecule has 1 fully saturated rings. The minimum atomic E-state index is -0.757. The smallest absolute Gasteiger partial charge is 0.308 e. The molecule has 0 amide bonds. The van der Waals surface area contributed by atoms with Gasteiger partial charge in [-0.25, -0.2) is 14.6 Å². The van der Waals surface area contributed by atoms with E-state index in [2.05, 4.69) is 15.1 Å². The Balaban J connectivity index is 1.92. The van der Waals surface area contributed by atoms with Crippen LogP contribution in [0.3, 0.4) is 0 Å². The standard InChI is InChI=1S/C12H13N5O2/c18-12(19)9-2-7-16(8-9)10-11(14-5-4-13-10)17-6-1-3-15-17/h1,3-6,9H,2,7-8H2,(H,18,19). The lowest BCUT2D eigenvalue weighted by Crippen LogP contribution is -2.25. The van der Waals surface area contributed by atoms with Crippen molar-refractivity contribution in [3.8, 4) is 5.82 Å². The highest BCUT2D eigenvalue weighted by atomic mass is 16.4. The Hall–Kier alpha value is -2.44. The van der Waals surface area contributed by atoms with Crippen LogP contribution in [0.1, 0.15) is 6.42 Å². The number of aliphatic carboxylic acids is 1. The molecule has 7 nitrogen and oxygen atoms in total. The van der Waals surface area contributed by atoms with Gasteiger partial charge in [0.1, 0.15) is 0 Å². The molecule has 1 N–H and O–H groups in total. The Labute approximate surface area is 109 Å². The molecule has 1 saturated heterocycles. The second kappa shape index (κ2) is 4.68. The molecule has 7 heteroatoms. The predicted octanol–water partition coefficient (Wildman–Crippen LogP) is 0.573. The summed E-state index contributed by atoms with van der Waals surface area (Å²) in [6, 6.07) is 1.81. The molecule has 19 heavy (non-hydrogen) atoms. The first-order chi connectivity index (χ1) is 9.25. The van der Waals surface area contributed by atoms with E-state index in [1.165, 1.54) is 0 Å². The average molecular weight is 259 g/mol. The van der Waals surface area contributed by atoms with Crippen molar-refractivity contribution in [2.45, 2.75) is 6.42 Å². The van der Waals surface area contributed by atoms with Crippen LogP contribution in [0, 0.1) is 5.92 Å². The summed E-state index contributed by atoms with van der Waals surface area (Å²) in [4.78, 5) is 21.6. The van der Waals surface area contributed by atoms with Gasteiger partial charge in [-0.15, -0.1) is 0 Å². The molecule has 1 aliphatic heterocycles. The molecular weight excluding hydrogens is 246 g/mol. The van der Waals surface area contributed by atoms with Crippen LogP contribution in [-0.2, 0) is 4.79 Å². The van der Waals surface area contributed by atoms with Crippen molar-refractivity contribution in [1.82, 2.24) is 19.7 Å². The Morgan fingerprint density at radius 1 is 1.26 bits per heavy atom. The fourth-order valence-corrected chi connectivity index (χ4v) is 2.26. The van der Waals surface area contributed by atoms with Crippen LogP contribution >= 0.6 is 0 Å². The molecule has 98 valence electrons. The van der Waals surface area contributed by atoms with E-state index >= 15 is 0 Å². The number of aromatic nitrogens is 4. The number of hydrogen-bond donors (Lipinski definition) is 1. The van der Waals surface area contributed by atoms with Gasteiger partial charge in [-0.1, -0.05) is 0 Å². The van der Waals surface area contributed by atoms with E-state index in [1.54, 1.807) is 29.5 Å². The first-order valence-electron chi connectivity index (χ1n) is 6.04. The molecule has 1 aliphatic rings. The van der Waals surface area contributed by atoms with Crippen LogP contribution in [0.2, 0.25) is 0 Å². The zero-order chi connectivity index (χ0) is 13.2. The van der Waals surface area contributed by atoms with Gasteiger partial charge in [0.15, 0.2) is 11.6 Å². The van der Waals surface area contributed by atoms with Gasteiger partial charge in [-0.05, 0) is 12.5 Å². The monoisotopic (exact) mass is 259 g/mol. The number of carboxylic acid groups (broad SMARTS) is 1. The van der Waals surface area contributed by atoms with Crippen molar-refractivity contribution in [1.29, 1.82) is 0 Å². The van der Waals surface area contributed by atoms with Gasteiger partial charge in [0.05, 0.1) is 5.92 Å². The van der Waals surface area contributed by atoms with E-state index in [4.69, 9.17) is 5.11 Å². The number of carbonyl (C=O) groups is 1. The molecular formula is C12H13N5O2. The molecule has 3 rings (SSSR count). The summed E-state index contributed by atoms with van der Waals surface area (Å²) in [6.45, 7) is 1.13.